The average molecular weight is 455 g/mol. The molecule has 1 fully saturated rings. The Morgan fingerprint density at radius 2 is 1.87 bits per heavy atom. The molecule has 2 amide bonds. The van der Waals surface area contributed by atoms with Gasteiger partial charge in [-0.3, -0.25) is 9.59 Å². The number of esters is 1. The van der Waals surface area contributed by atoms with Crippen molar-refractivity contribution in [3.8, 4) is 11.1 Å². The van der Waals surface area contributed by atoms with Gasteiger partial charge < -0.3 is 15.4 Å². The molecule has 0 aliphatic heterocycles. The number of carbonyl (C=O) groups excluding carboxylic acids is 3. The first-order valence-corrected chi connectivity index (χ1v) is 11.8. The summed E-state index contributed by atoms with van der Waals surface area (Å²) < 4.78 is 5.33. The molecular formula is C23H22N2O4S2. The zero-order chi connectivity index (χ0) is 21.8. The van der Waals surface area contributed by atoms with Gasteiger partial charge in [-0.2, -0.15) is 0 Å². The van der Waals surface area contributed by atoms with Gasteiger partial charge in [0.15, 0.2) is 6.61 Å². The van der Waals surface area contributed by atoms with Crippen LogP contribution in [-0.2, 0) is 9.53 Å². The van der Waals surface area contributed by atoms with Crippen LogP contribution in [0.15, 0.2) is 53.2 Å². The van der Waals surface area contributed by atoms with E-state index in [4.69, 9.17) is 4.74 Å². The van der Waals surface area contributed by atoms with Crippen molar-refractivity contribution in [2.45, 2.75) is 25.8 Å². The highest BCUT2D eigenvalue weighted by Crippen LogP contribution is 2.36. The number of anilines is 1. The molecule has 160 valence electrons. The van der Waals surface area contributed by atoms with E-state index in [1.54, 1.807) is 12.1 Å². The predicted octanol–water partition coefficient (Wildman–Crippen LogP) is 4.80. The predicted molar refractivity (Wildman–Crippen MR) is 123 cm³/mol. The quantitative estimate of drug-likeness (QED) is 0.479. The Labute approximate surface area is 188 Å². The maximum atomic E-state index is 13.0. The van der Waals surface area contributed by atoms with Gasteiger partial charge >= 0.3 is 5.97 Å². The van der Waals surface area contributed by atoms with Crippen LogP contribution < -0.4 is 10.6 Å². The first kappa shape index (κ1) is 21.3. The lowest BCUT2D eigenvalue weighted by atomic mass is 10.0. The molecule has 1 aliphatic rings. The second kappa shape index (κ2) is 9.45. The molecule has 2 aromatic heterocycles. The first-order valence-electron chi connectivity index (χ1n) is 10.0. The van der Waals surface area contributed by atoms with E-state index in [9.17, 15) is 14.4 Å². The van der Waals surface area contributed by atoms with E-state index in [-0.39, 0.29) is 30.0 Å². The Hall–Kier alpha value is -2.97. The third-order valence-corrected chi connectivity index (χ3v) is 6.87. The summed E-state index contributed by atoms with van der Waals surface area (Å²) in [5.74, 6) is -0.744. The van der Waals surface area contributed by atoms with Gasteiger partial charge in [0, 0.05) is 17.0 Å². The third-order valence-electron chi connectivity index (χ3n) is 5.10. The van der Waals surface area contributed by atoms with Crippen LogP contribution >= 0.6 is 22.7 Å². The van der Waals surface area contributed by atoms with Crippen molar-refractivity contribution in [2.75, 3.05) is 11.9 Å². The minimum Gasteiger partial charge on any atom is -0.452 e. The summed E-state index contributed by atoms with van der Waals surface area (Å²) in [6, 6.07) is 13.0. The SMILES string of the molecule is CC(NC(=O)COC(=O)c1c(-c2ccccc2)csc1NC(=O)c1cccs1)C1CC1. The molecule has 1 aliphatic carbocycles. The van der Waals surface area contributed by atoms with Crippen molar-refractivity contribution in [3.05, 3.63) is 63.7 Å². The van der Waals surface area contributed by atoms with Crippen LogP contribution in [-0.4, -0.2) is 30.4 Å². The van der Waals surface area contributed by atoms with Crippen molar-refractivity contribution in [2.24, 2.45) is 5.92 Å². The van der Waals surface area contributed by atoms with Crippen LogP contribution in [0.3, 0.4) is 0 Å². The molecule has 1 aromatic carbocycles. The highest BCUT2D eigenvalue weighted by Gasteiger charge is 2.29. The highest BCUT2D eigenvalue weighted by molar-refractivity contribution is 7.15. The van der Waals surface area contributed by atoms with E-state index in [2.05, 4.69) is 10.6 Å². The Balaban J connectivity index is 1.52. The zero-order valence-electron chi connectivity index (χ0n) is 16.9. The van der Waals surface area contributed by atoms with Crippen LogP contribution in [0.2, 0.25) is 0 Å². The summed E-state index contributed by atoms with van der Waals surface area (Å²) in [7, 11) is 0. The second-order valence-corrected chi connectivity index (χ2v) is 9.25. The number of ether oxygens (including phenoxy) is 1. The molecule has 0 saturated heterocycles. The van der Waals surface area contributed by atoms with E-state index >= 15 is 0 Å². The smallest absolute Gasteiger partial charge is 0.342 e. The molecule has 6 nitrogen and oxygen atoms in total. The third kappa shape index (κ3) is 5.21. The fraction of sp³-hybridized carbons (Fsp3) is 0.261. The summed E-state index contributed by atoms with van der Waals surface area (Å²) in [6.45, 7) is 1.60. The minimum absolute atomic E-state index is 0.0767. The Kier molecular flexibility index (Phi) is 6.48. The van der Waals surface area contributed by atoms with Crippen LogP contribution in [0, 0.1) is 5.92 Å². The molecule has 4 rings (SSSR count). The molecular weight excluding hydrogens is 432 g/mol. The molecule has 8 heteroatoms. The molecule has 31 heavy (non-hydrogen) atoms. The second-order valence-electron chi connectivity index (χ2n) is 7.42. The van der Waals surface area contributed by atoms with Crippen molar-refractivity contribution in [1.29, 1.82) is 0 Å². The van der Waals surface area contributed by atoms with Gasteiger partial charge in [0.2, 0.25) is 0 Å². The molecule has 1 unspecified atom stereocenters. The Morgan fingerprint density at radius 1 is 1.10 bits per heavy atom. The number of hydrogen-bond donors (Lipinski definition) is 2. The maximum absolute atomic E-state index is 13.0. The summed E-state index contributed by atoms with van der Waals surface area (Å²) in [4.78, 5) is 38.2. The van der Waals surface area contributed by atoms with Crippen LogP contribution in [0.25, 0.3) is 11.1 Å². The van der Waals surface area contributed by atoms with Crippen LogP contribution in [0.4, 0.5) is 5.00 Å². The van der Waals surface area contributed by atoms with Gasteiger partial charge in [0.25, 0.3) is 11.8 Å². The number of amides is 2. The highest BCUT2D eigenvalue weighted by atomic mass is 32.1. The number of nitrogens with one attached hydrogen (secondary N) is 2. The lowest BCUT2D eigenvalue weighted by Crippen LogP contribution is -2.37. The van der Waals surface area contributed by atoms with Crippen LogP contribution in [0.1, 0.15) is 39.8 Å². The van der Waals surface area contributed by atoms with E-state index in [0.29, 0.717) is 21.4 Å². The van der Waals surface area contributed by atoms with Gasteiger partial charge in [0.1, 0.15) is 10.6 Å². The molecule has 0 spiro atoms. The van der Waals surface area contributed by atoms with Crippen molar-refractivity contribution in [1.82, 2.24) is 5.32 Å². The van der Waals surface area contributed by atoms with E-state index < -0.39 is 5.97 Å². The fourth-order valence-electron chi connectivity index (χ4n) is 3.27. The van der Waals surface area contributed by atoms with Crippen molar-refractivity contribution < 1.29 is 19.1 Å². The minimum atomic E-state index is -0.643. The molecule has 0 radical (unpaired) electrons. The lowest BCUT2D eigenvalue weighted by molar-refractivity contribution is -0.124. The number of hydrogen-bond acceptors (Lipinski definition) is 6. The molecule has 2 heterocycles. The fourth-order valence-corrected chi connectivity index (χ4v) is 4.84. The van der Waals surface area contributed by atoms with Crippen molar-refractivity contribution in [3.63, 3.8) is 0 Å². The topological polar surface area (TPSA) is 84.5 Å². The van der Waals surface area contributed by atoms with E-state index in [1.165, 1.54) is 22.7 Å². The van der Waals surface area contributed by atoms with Gasteiger partial charge in [-0.1, -0.05) is 36.4 Å². The molecule has 2 N–H and O–H groups in total. The average Bonchev–Trinajstić information content (AvgIpc) is 3.31. The molecule has 1 saturated carbocycles. The normalized spacial score (nSPS) is 14.0. The Bertz CT molecular complexity index is 1070. The lowest BCUT2D eigenvalue weighted by Gasteiger charge is -2.13. The number of rotatable bonds is 8. The summed E-state index contributed by atoms with van der Waals surface area (Å²) in [5.41, 5.74) is 1.74. The van der Waals surface area contributed by atoms with Gasteiger partial charge in [0.05, 0.1) is 4.88 Å². The number of thiophene rings is 2. The van der Waals surface area contributed by atoms with E-state index in [1.807, 2.05) is 48.0 Å². The zero-order valence-corrected chi connectivity index (χ0v) is 18.6. The number of carbonyl (C=O) groups is 3. The van der Waals surface area contributed by atoms with Gasteiger partial charge in [-0.05, 0) is 42.7 Å². The largest absolute Gasteiger partial charge is 0.452 e. The maximum Gasteiger partial charge on any atom is 0.342 e. The van der Waals surface area contributed by atoms with Crippen LogP contribution in [0.5, 0.6) is 0 Å². The molecule has 1 atom stereocenters. The summed E-state index contributed by atoms with van der Waals surface area (Å²) in [5, 5.41) is 9.71. The monoisotopic (exact) mass is 454 g/mol. The van der Waals surface area contributed by atoms with Crippen molar-refractivity contribution >= 4 is 45.5 Å². The van der Waals surface area contributed by atoms with Gasteiger partial charge in [-0.15, -0.1) is 22.7 Å². The van der Waals surface area contributed by atoms with Gasteiger partial charge in [-0.25, -0.2) is 4.79 Å². The molecule has 3 aromatic rings. The summed E-state index contributed by atoms with van der Waals surface area (Å²) >= 11 is 2.57. The molecule has 0 bridgehead atoms. The number of benzene rings is 1. The first-order chi connectivity index (χ1) is 15.0. The summed E-state index contributed by atoms with van der Waals surface area (Å²) in [6.07, 6.45) is 2.23. The van der Waals surface area contributed by atoms with E-state index in [0.717, 1.165) is 18.4 Å². The Morgan fingerprint density at radius 3 is 2.55 bits per heavy atom. The standard InChI is InChI=1S/C23H22N2O4S2/c1-14(15-9-10-15)24-19(26)12-29-23(28)20-17(16-6-3-2-4-7-16)13-31-22(20)25-21(27)18-8-5-11-30-18/h2-8,11,13-15H,9-10,12H2,1H3,(H,24,26)(H,25,27).